The predicted molar refractivity (Wildman–Crippen MR) is 262 cm³/mol. The van der Waals surface area contributed by atoms with E-state index in [1.54, 1.807) is 24.2 Å². The van der Waals surface area contributed by atoms with Gasteiger partial charge in [0.2, 0.25) is 6.35 Å². The van der Waals surface area contributed by atoms with E-state index >= 15 is 0 Å². The lowest BCUT2D eigenvalue weighted by molar-refractivity contribution is -0.662. The number of thiazole rings is 1. The normalized spacial score (nSPS) is 16.2. The van der Waals surface area contributed by atoms with Gasteiger partial charge in [-0.1, -0.05) is 67.1 Å². The Kier molecular flexibility index (Phi) is 16.0. The highest BCUT2D eigenvalue weighted by atomic mass is 32.2. The van der Waals surface area contributed by atoms with Crippen molar-refractivity contribution in [1.29, 1.82) is 5.26 Å². The van der Waals surface area contributed by atoms with Crippen molar-refractivity contribution in [3.63, 3.8) is 0 Å². The van der Waals surface area contributed by atoms with E-state index in [2.05, 4.69) is 99.3 Å². The molecule has 14 nitrogen and oxygen atoms in total. The summed E-state index contributed by atoms with van der Waals surface area (Å²) in [4.78, 5) is 29.4. The van der Waals surface area contributed by atoms with Crippen molar-refractivity contribution in [3.8, 4) is 12.1 Å². The molecule has 5 aromatic rings. The summed E-state index contributed by atoms with van der Waals surface area (Å²) in [7, 11) is 3.95. The third-order valence-electron chi connectivity index (χ3n) is 11.2. The number of hydrogen-bond donors (Lipinski definition) is 1. The maximum absolute atomic E-state index is 10.6. The van der Waals surface area contributed by atoms with Crippen LogP contribution >= 0.6 is 23.1 Å². The lowest BCUT2D eigenvalue weighted by atomic mass is 10.1. The van der Waals surface area contributed by atoms with E-state index in [1.807, 2.05) is 81.4 Å². The first-order chi connectivity index (χ1) is 31.5. The van der Waals surface area contributed by atoms with E-state index in [0.717, 1.165) is 69.3 Å². The largest absolute Gasteiger partial charge is 0.522 e. The molecule has 2 aliphatic rings. The van der Waals surface area contributed by atoms with Gasteiger partial charge in [0.1, 0.15) is 23.9 Å². The van der Waals surface area contributed by atoms with Crippen molar-refractivity contribution >= 4 is 51.4 Å². The van der Waals surface area contributed by atoms with Crippen LogP contribution in [0.1, 0.15) is 72.7 Å². The van der Waals surface area contributed by atoms with Crippen LogP contribution in [0.25, 0.3) is 10.2 Å². The number of aryl methyl sites for hydroxylation is 3. The summed E-state index contributed by atoms with van der Waals surface area (Å²) in [6.45, 7) is 16.5. The highest BCUT2D eigenvalue weighted by Gasteiger charge is 2.34. The molecule has 2 aliphatic heterocycles. The van der Waals surface area contributed by atoms with E-state index < -0.39 is 12.3 Å². The molecular weight excluding hydrogens is 853 g/mol. The van der Waals surface area contributed by atoms with Crippen LogP contribution < -0.4 is 19.7 Å². The Hall–Kier alpha value is -6.15. The van der Waals surface area contributed by atoms with Crippen LogP contribution in [0.2, 0.25) is 0 Å². The number of aromatic nitrogens is 5. The van der Waals surface area contributed by atoms with E-state index in [0.29, 0.717) is 43.0 Å². The second kappa shape index (κ2) is 22.2. The van der Waals surface area contributed by atoms with Gasteiger partial charge in [0.05, 0.1) is 53.4 Å². The fourth-order valence-electron chi connectivity index (χ4n) is 7.57. The number of thioether (sulfide) groups is 1. The van der Waals surface area contributed by atoms with E-state index in [-0.39, 0.29) is 12.0 Å². The Labute approximate surface area is 391 Å². The molecule has 338 valence electrons. The summed E-state index contributed by atoms with van der Waals surface area (Å²) in [5.41, 5.74) is 12.4. The molecule has 0 amide bonds. The zero-order valence-electron chi connectivity index (χ0n) is 38.4. The molecule has 4 aromatic heterocycles. The number of anilines is 1. The fourth-order valence-corrected chi connectivity index (χ4v) is 9.79. The van der Waals surface area contributed by atoms with Gasteiger partial charge >= 0.3 is 6.01 Å². The number of hydrazone groups is 1. The SMILES string of the molecule is C=C(CC=CC(CC)COc1nc(C(C#N)c2nc3cnc(C)cc3s2)cc[n+]1NC(CN1CSc2cc(C)ncc21)C1=CC=NC(OCc2ccc(CC)cc2)N1C)CN(C)N=CC. The number of hydrogen-bond acceptors (Lipinski definition) is 15. The monoisotopic (exact) mass is 911 g/mol. The number of ether oxygens (including phenoxy) is 2. The number of likely N-dealkylation sites (N-methyl/N-ethyl adjacent to an activating group) is 2. The summed E-state index contributed by atoms with van der Waals surface area (Å²) < 4.78 is 16.0. The molecule has 0 bridgehead atoms. The lowest BCUT2D eigenvalue weighted by Crippen LogP contribution is -2.57. The molecule has 0 fully saturated rings. The number of nitriles is 1. The van der Waals surface area contributed by atoms with Gasteiger partial charge in [-0.25, -0.2) is 15.4 Å². The summed E-state index contributed by atoms with van der Waals surface area (Å²) >= 11 is 3.28. The summed E-state index contributed by atoms with van der Waals surface area (Å²) in [5, 5.41) is 17.5. The minimum absolute atomic E-state index is 0.0872. The first-order valence-corrected chi connectivity index (χ1v) is 23.8. The number of benzene rings is 1. The minimum Gasteiger partial charge on any atom is -0.426 e. The maximum Gasteiger partial charge on any atom is 0.522 e. The molecule has 0 saturated heterocycles. The minimum atomic E-state index is -0.725. The molecule has 4 atom stereocenters. The Balaban J connectivity index is 1.19. The van der Waals surface area contributed by atoms with Crippen molar-refractivity contribution in [1.82, 2.24) is 29.8 Å². The molecule has 16 heteroatoms. The fraction of sp³-hybridized carbons (Fsp3) is 0.388. The van der Waals surface area contributed by atoms with Crippen LogP contribution in [-0.2, 0) is 17.8 Å². The van der Waals surface area contributed by atoms with Gasteiger partial charge in [0.15, 0.2) is 11.6 Å². The molecule has 7 rings (SSSR count). The standard InChI is InChI=1S/C49H59N12O2S2/c1-9-36-15-17-38(18-16-36)31-62-48-51-21-19-43(59(48)8)42(29-60-32-64-46-24-35(6)53-27-44(46)60)57-61-22-20-40(39(25-50)47-55-41-26-52-34(5)23-45(41)65-47)56-49(61)63-30-37(10-2)14-12-13-33(4)28-58(7)54-11-3/h11-12,14-24,26-27,37,39,42,48,57H,4,9-10,13,28-32H2,1-3,5-8H3/q+1. The van der Waals surface area contributed by atoms with Gasteiger partial charge < -0.3 is 19.3 Å². The molecule has 1 N–H and O–H groups in total. The van der Waals surface area contributed by atoms with Crippen molar-refractivity contribution in [2.45, 2.75) is 83.7 Å². The van der Waals surface area contributed by atoms with Crippen molar-refractivity contribution in [3.05, 3.63) is 130 Å². The van der Waals surface area contributed by atoms with Gasteiger partial charge in [-0.15, -0.1) is 23.1 Å². The zero-order valence-corrected chi connectivity index (χ0v) is 40.0. The highest BCUT2D eigenvalue weighted by Crippen LogP contribution is 2.39. The Bertz CT molecular complexity index is 2600. The second-order valence-corrected chi connectivity index (χ2v) is 18.3. The maximum atomic E-state index is 10.6. The highest BCUT2D eigenvalue weighted by molar-refractivity contribution is 7.99. The third-order valence-corrected chi connectivity index (χ3v) is 13.4. The van der Waals surface area contributed by atoms with Crippen LogP contribution in [0.3, 0.4) is 0 Å². The smallest absolute Gasteiger partial charge is 0.426 e. The molecule has 1 aromatic carbocycles. The topological polar surface area (TPSA) is 144 Å². The van der Waals surface area contributed by atoms with Crippen molar-refractivity contribution in [2.24, 2.45) is 16.0 Å². The molecule has 4 unspecified atom stereocenters. The average molecular weight is 912 g/mol. The molecule has 0 spiro atoms. The third kappa shape index (κ3) is 12.0. The summed E-state index contributed by atoms with van der Waals surface area (Å²) in [5.74, 6) is 0.129. The number of nitrogens with one attached hydrogen (secondary N) is 1. The van der Waals surface area contributed by atoms with Gasteiger partial charge in [-0.05, 0) is 74.4 Å². The lowest BCUT2D eigenvalue weighted by Gasteiger charge is -2.36. The Morgan fingerprint density at radius 1 is 1.12 bits per heavy atom. The van der Waals surface area contributed by atoms with Gasteiger partial charge in [-0.2, -0.15) is 10.4 Å². The van der Waals surface area contributed by atoms with Crippen LogP contribution in [0.4, 0.5) is 5.69 Å². The first-order valence-electron chi connectivity index (χ1n) is 22.0. The predicted octanol–water partition coefficient (Wildman–Crippen LogP) is 8.33. The molecule has 0 saturated carbocycles. The molecule has 0 aliphatic carbocycles. The van der Waals surface area contributed by atoms with Crippen LogP contribution in [0.5, 0.6) is 6.01 Å². The van der Waals surface area contributed by atoms with E-state index in [4.69, 9.17) is 24.4 Å². The second-order valence-electron chi connectivity index (χ2n) is 16.2. The van der Waals surface area contributed by atoms with Gasteiger partial charge in [-0.3, -0.25) is 15.0 Å². The van der Waals surface area contributed by atoms with Crippen molar-refractivity contribution in [2.75, 3.05) is 50.0 Å². The summed E-state index contributed by atoms with van der Waals surface area (Å²) in [6.07, 6.45) is 17.6. The van der Waals surface area contributed by atoms with Crippen LogP contribution in [-0.4, -0.2) is 94.3 Å². The number of aliphatic imine (C=N–C) groups is 1. The summed E-state index contributed by atoms with van der Waals surface area (Å²) in [6, 6.07) is 17.0. The molecule has 65 heavy (non-hydrogen) atoms. The van der Waals surface area contributed by atoms with Gasteiger partial charge in [0, 0.05) is 67.0 Å². The van der Waals surface area contributed by atoms with E-state index in [9.17, 15) is 5.26 Å². The number of pyridine rings is 2. The average Bonchev–Trinajstić information content (AvgIpc) is 3.90. The van der Waals surface area contributed by atoms with Crippen molar-refractivity contribution < 1.29 is 14.1 Å². The zero-order chi connectivity index (χ0) is 45.9. The number of nitrogens with zero attached hydrogens (tertiary/aromatic N) is 11. The number of fused-ring (bicyclic) bond motifs is 2. The van der Waals surface area contributed by atoms with Gasteiger partial charge in [0.25, 0.3) is 0 Å². The Morgan fingerprint density at radius 3 is 2.68 bits per heavy atom. The first kappa shape index (κ1) is 46.8. The molecular formula is C49H59N12O2S2+. The number of rotatable bonds is 21. The quantitative estimate of drug-likeness (QED) is 0.0327. The molecule has 0 radical (unpaired) electrons. The molecule has 6 heterocycles. The van der Waals surface area contributed by atoms with Crippen LogP contribution in [0.15, 0.2) is 112 Å². The number of allylic oxidation sites excluding steroid dienone is 2. The Morgan fingerprint density at radius 2 is 1.91 bits per heavy atom. The van der Waals surface area contributed by atoms with Crippen LogP contribution in [0, 0.1) is 31.1 Å². The van der Waals surface area contributed by atoms with E-state index in [1.165, 1.54) is 21.8 Å².